The van der Waals surface area contributed by atoms with Crippen molar-refractivity contribution in [3.05, 3.63) is 28.8 Å². The van der Waals surface area contributed by atoms with Gasteiger partial charge < -0.3 is 15.2 Å². The molecule has 0 fully saturated rings. The van der Waals surface area contributed by atoms with Gasteiger partial charge in [0, 0.05) is 0 Å². The van der Waals surface area contributed by atoms with Crippen molar-refractivity contribution in [2.24, 2.45) is 0 Å². The molecule has 0 aliphatic heterocycles. The number of fused-ring (bicyclic) bond motifs is 1. The second kappa shape index (κ2) is 5.76. The molecule has 0 saturated heterocycles. The van der Waals surface area contributed by atoms with Gasteiger partial charge in [0.2, 0.25) is 0 Å². The van der Waals surface area contributed by atoms with E-state index in [1.807, 2.05) is 6.07 Å². The number of hydrogen-bond donors (Lipinski definition) is 2. The Morgan fingerprint density at radius 1 is 1.24 bits per heavy atom. The third kappa shape index (κ3) is 3.01. The van der Waals surface area contributed by atoms with Crippen molar-refractivity contribution in [1.82, 2.24) is 5.32 Å². The predicted molar refractivity (Wildman–Crippen MR) is 78.3 cm³/mol. The van der Waals surface area contributed by atoms with Crippen molar-refractivity contribution in [1.29, 1.82) is 0 Å². The molecular formula is C16H21NO4. The Morgan fingerprint density at radius 3 is 2.57 bits per heavy atom. The summed E-state index contributed by atoms with van der Waals surface area (Å²) in [5.41, 5.74) is 1.01. The van der Waals surface area contributed by atoms with Crippen LogP contribution < -0.4 is 5.32 Å². The van der Waals surface area contributed by atoms with E-state index in [1.54, 1.807) is 19.9 Å². The van der Waals surface area contributed by atoms with E-state index in [0.717, 1.165) is 36.8 Å². The molecule has 2 N–H and O–H groups in total. The number of esters is 1. The molecule has 1 aromatic rings. The number of carbonyl (C=O) groups excluding carboxylic acids is 2. The Hall–Kier alpha value is -2.04. The molecule has 1 amide bonds. The fourth-order valence-corrected chi connectivity index (χ4v) is 2.65. The first-order chi connectivity index (χ1) is 9.86. The molecule has 5 heteroatoms. The standard InChI is InChI=1S/C16H21NO4/c1-16(2,15(20)21-3)17-14(19)12-9-8-10-6-4-5-7-11(10)13(12)18/h8-9,18H,4-7H2,1-3H3,(H,17,19). The topological polar surface area (TPSA) is 75.6 Å². The first-order valence-corrected chi connectivity index (χ1v) is 7.11. The Balaban J connectivity index is 2.26. The molecule has 0 bridgehead atoms. The van der Waals surface area contributed by atoms with Gasteiger partial charge in [0.15, 0.2) is 0 Å². The number of rotatable bonds is 3. The van der Waals surface area contributed by atoms with E-state index in [-0.39, 0.29) is 11.3 Å². The predicted octanol–water partition coefficient (Wildman–Crippen LogP) is 1.95. The number of benzene rings is 1. The van der Waals surface area contributed by atoms with Crippen LogP contribution in [0.5, 0.6) is 5.75 Å². The number of aromatic hydroxyl groups is 1. The zero-order valence-electron chi connectivity index (χ0n) is 12.7. The van der Waals surface area contributed by atoms with Crippen molar-refractivity contribution in [2.75, 3.05) is 7.11 Å². The third-order valence-electron chi connectivity index (χ3n) is 3.87. The van der Waals surface area contributed by atoms with Crippen LogP contribution in [-0.2, 0) is 22.4 Å². The lowest BCUT2D eigenvalue weighted by Gasteiger charge is -2.24. The highest BCUT2D eigenvalue weighted by Gasteiger charge is 2.32. The number of aryl methyl sites for hydroxylation is 1. The lowest BCUT2D eigenvalue weighted by atomic mass is 9.89. The number of hydrogen-bond acceptors (Lipinski definition) is 4. The first-order valence-electron chi connectivity index (χ1n) is 7.11. The van der Waals surface area contributed by atoms with Crippen LogP contribution in [0.2, 0.25) is 0 Å². The van der Waals surface area contributed by atoms with Gasteiger partial charge >= 0.3 is 5.97 Å². The summed E-state index contributed by atoms with van der Waals surface area (Å²) < 4.78 is 4.66. The van der Waals surface area contributed by atoms with E-state index in [4.69, 9.17) is 0 Å². The van der Waals surface area contributed by atoms with Crippen LogP contribution in [0.4, 0.5) is 0 Å². The number of nitrogens with one attached hydrogen (secondary N) is 1. The maximum absolute atomic E-state index is 12.3. The highest BCUT2D eigenvalue weighted by Crippen LogP contribution is 2.32. The highest BCUT2D eigenvalue weighted by molar-refractivity contribution is 6.00. The molecule has 5 nitrogen and oxygen atoms in total. The van der Waals surface area contributed by atoms with Gasteiger partial charge in [0.1, 0.15) is 11.3 Å². The van der Waals surface area contributed by atoms with E-state index in [1.165, 1.54) is 7.11 Å². The Morgan fingerprint density at radius 2 is 1.90 bits per heavy atom. The number of ether oxygens (including phenoxy) is 1. The zero-order chi connectivity index (χ0) is 15.6. The first kappa shape index (κ1) is 15.4. The maximum Gasteiger partial charge on any atom is 0.330 e. The quantitative estimate of drug-likeness (QED) is 0.835. The number of phenols is 1. The number of phenolic OH excluding ortho intramolecular Hbond substituents is 1. The van der Waals surface area contributed by atoms with Gasteiger partial charge in [0.25, 0.3) is 5.91 Å². The largest absolute Gasteiger partial charge is 0.507 e. The minimum absolute atomic E-state index is 0.0327. The molecule has 0 saturated carbocycles. The fourth-order valence-electron chi connectivity index (χ4n) is 2.65. The summed E-state index contributed by atoms with van der Waals surface area (Å²) in [6, 6.07) is 3.50. The summed E-state index contributed by atoms with van der Waals surface area (Å²) >= 11 is 0. The van der Waals surface area contributed by atoms with Gasteiger partial charge in [-0.05, 0) is 56.7 Å². The van der Waals surface area contributed by atoms with Gasteiger partial charge in [-0.25, -0.2) is 4.79 Å². The summed E-state index contributed by atoms with van der Waals surface area (Å²) in [4.78, 5) is 23.9. The molecule has 21 heavy (non-hydrogen) atoms. The van der Waals surface area contributed by atoms with E-state index < -0.39 is 17.4 Å². The molecule has 0 radical (unpaired) electrons. The van der Waals surface area contributed by atoms with Crippen molar-refractivity contribution < 1.29 is 19.4 Å². The van der Waals surface area contributed by atoms with E-state index >= 15 is 0 Å². The molecule has 0 heterocycles. The van der Waals surface area contributed by atoms with Gasteiger partial charge in [-0.15, -0.1) is 0 Å². The zero-order valence-corrected chi connectivity index (χ0v) is 12.7. The Labute approximate surface area is 124 Å². The van der Waals surface area contributed by atoms with E-state index in [2.05, 4.69) is 10.1 Å². The van der Waals surface area contributed by atoms with Crippen LogP contribution in [0.15, 0.2) is 12.1 Å². The number of carbonyl (C=O) groups is 2. The molecule has 1 aliphatic carbocycles. The normalized spacial score (nSPS) is 14.2. The van der Waals surface area contributed by atoms with Crippen LogP contribution in [0.3, 0.4) is 0 Å². The Kier molecular flexibility index (Phi) is 4.21. The molecular weight excluding hydrogens is 270 g/mol. The summed E-state index contributed by atoms with van der Waals surface area (Å²) in [6.07, 6.45) is 3.83. The molecule has 1 aliphatic rings. The van der Waals surface area contributed by atoms with E-state index in [0.29, 0.717) is 0 Å². The minimum Gasteiger partial charge on any atom is -0.507 e. The van der Waals surface area contributed by atoms with Crippen LogP contribution in [0.25, 0.3) is 0 Å². The second-order valence-electron chi connectivity index (χ2n) is 5.88. The molecule has 114 valence electrons. The molecule has 0 atom stereocenters. The van der Waals surface area contributed by atoms with Crippen LogP contribution >= 0.6 is 0 Å². The van der Waals surface area contributed by atoms with Gasteiger partial charge in [-0.1, -0.05) is 6.07 Å². The second-order valence-corrected chi connectivity index (χ2v) is 5.88. The van der Waals surface area contributed by atoms with Crippen molar-refractivity contribution >= 4 is 11.9 Å². The average Bonchev–Trinajstić information content (AvgIpc) is 2.46. The molecule has 0 unspecified atom stereocenters. The van der Waals surface area contributed by atoms with Crippen LogP contribution in [0, 0.1) is 0 Å². The average molecular weight is 291 g/mol. The lowest BCUT2D eigenvalue weighted by molar-refractivity contribution is -0.146. The fraction of sp³-hybridized carbons (Fsp3) is 0.500. The van der Waals surface area contributed by atoms with E-state index in [9.17, 15) is 14.7 Å². The van der Waals surface area contributed by atoms with Crippen LogP contribution in [-0.4, -0.2) is 29.6 Å². The monoisotopic (exact) mass is 291 g/mol. The van der Waals surface area contributed by atoms with Crippen LogP contribution in [0.1, 0.15) is 48.2 Å². The van der Waals surface area contributed by atoms with Crippen molar-refractivity contribution in [3.8, 4) is 5.75 Å². The molecule has 2 rings (SSSR count). The number of methoxy groups -OCH3 is 1. The third-order valence-corrected chi connectivity index (χ3v) is 3.87. The molecule has 0 aromatic heterocycles. The molecule has 1 aromatic carbocycles. The highest BCUT2D eigenvalue weighted by atomic mass is 16.5. The molecule has 0 spiro atoms. The number of amides is 1. The Bertz CT molecular complexity index is 578. The summed E-state index contributed by atoms with van der Waals surface area (Å²) in [6.45, 7) is 3.12. The van der Waals surface area contributed by atoms with Gasteiger partial charge in [0.05, 0.1) is 12.7 Å². The van der Waals surface area contributed by atoms with Gasteiger partial charge in [-0.3, -0.25) is 4.79 Å². The smallest absolute Gasteiger partial charge is 0.330 e. The van der Waals surface area contributed by atoms with Gasteiger partial charge in [-0.2, -0.15) is 0 Å². The lowest BCUT2D eigenvalue weighted by Crippen LogP contribution is -2.50. The SMILES string of the molecule is COC(=O)C(C)(C)NC(=O)c1ccc2c(c1O)CCCC2. The van der Waals surface area contributed by atoms with Crippen molar-refractivity contribution in [3.63, 3.8) is 0 Å². The summed E-state index contributed by atoms with van der Waals surface area (Å²) in [7, 11) is 1.27. The minimum atomic E-state index is -1.14. The summed E-state index contributed by atoms with van der Waals surface area (Å²) in [5.74, 6) is -0.977. The maximum atomic E-state index is 12.3. The van der Waals surface area contributed by atoms with Crippen molar-refractivity contribution in [2.45, 2.75) is 45.1 Å². The summed E-state index contributed by atoms with van der Waals surface area (Å²) in [5, 5.41) is 12.9.